The zero-order chi connectivity index (χ0) is 20.3. The number of nitrogens with zero attached hydrogens (tertiary/aromatic N) is 2. The van der Waals surface area contributed by atoms with E-state index < -0.39 is 5.91 Å². The molecule has 2 N–H and O–H groups in total. The van der Waals surface area contributed by atoms with Crippen LogP contribution < -0.4 is 15.4 Å². The SMILES string of the molecule is CNC(=O)c1ccc(OC)c(NC(=O)c2c(C)oc(-n3cccc3)c2C#N)c1. The first-order valence-corrected chi connectivity index (χ1v) is 8.38. The van der Waals surface area contributed by atoms with Gasteiger partial charge in [0, 0.05) is 25.0 Å². The molecule has 0 aliphatic rings. The van der Waals surface area contributed by atoms with Gasteiger partial charge in [0.2, 0.25) is 5.88 Å². The van der Waals surface area contributed by atoms with E-state index in [1.807, 2.05) is 6.07 Å². The smallest absolute Gasteiger partial charge is 0.260 e. The number of carbonyl (C=O) groups excluding carboxylic acids is 2. The molecule has 0 radical (unpaired) electrons. The number of nitrogens with one attached hydrogen (secondary N) is 2. The molecule has 8 nitrogen and oxygen atoms in total. The van der Waals surface area contributed by atoms with Crippen LogP contribution >= 0.6 is 0 Å². The van der Waals surface area contributed by atoms with Crippen LogP contribution in [0.2, 0.25) is 0 Å². The highest BCUT2D eigenvalue weighted by Crippen LogP contribution is 2.29. The molecule has 142 valence electrons. The van der Waals surface area contributed by atoms with Crippen molar-refractivity contribution in [2.75, 3.05) is 19.5 Å². The Morgan fingerprint density at radius 3 is 2.54 bits per heavy atom. The van der Waals surface area contributed by atoms with Crippen LogP contribution in [0.15, 0.2) is 47.1 Å². The molecule has 0 unspecified atom stereocenters. The van der Waals surface area contributed by atoms with Gasteiger partial charge in [0.05, 0.1) is 12.8 Å². The van der Waals surface area contributed by atoms with Crippen molar-refractivity contribution < 1.29 is 18.7 Å². The number of anilines is 1. The first-order valence-electron chi connectivity index (χ1n) is 8.38. The Labute approximate surface area is 161 Å². The number of furan rings is 1. The van der Waals surface area contributed by atoms with Crippen molar-refractivity contribution in [3.8, 4) is 17.7 Å². The first kappa shape index (κ1) is 18.8. The van der Waals surface area contributed by atoms with Gasteiger partial charge in [-0.15, -0.1) is 0 Å². The van der Waals surface area contributed by atoms with Gasteiger partial charge in [-0.05, 0) is 37.3 Å². The molecule has 0 saturated carbocycles. The number of amides is 2. The van der Waals surface area contributed by atoms with Gasteiger partial charge in [-0.1, -0.05) is 0 Å². The van der Waals surface area contributed by atoms with Crippen LogP contribution in [0.4, 0.5) is 5.69 Å². The van der Waals surface area contributed by atoms with E-state index in [0.717, 1.165) is 0 Å². The summed E-state index contributed by atoms with van der Waals surface area (Å²) in [4.78, 5) is 24.8. The number of aryl methyl sites for hydroxylation is 1. The second kappa shape index (κ2) is 7.72. The summed E-state index contributed by atoms with van der Waals surface area (Å²) in [5.74, 6) is 0.112. The average Bonchev–Trinajstić information content (AvgIpc) is 3.34. The predicted molar refractivity (Wildman–Crippen MR) is 102 cm³/mol. The molecule has 0 bridgehead atoms. The average molecular weight is 378 g/mol. The van der Waals surface area contributed by atoms with Crippen LogP contribution in [0, 0.1) is 18.3 Å². The van der Waals surface area contributed by atoms with Crippen LogP contribution in [0.1, 0.15) is 32.0 Å². The number of nitriles is 1. The molecule has 2 heterocycles. The molecule has 0 saturated heterocycles. The molecular weight excluding hydrogens is 360 g/mol. The van der Waals surface area contributed by atoms with E-state index in [4.69, 9.17) is 9.15 Å². The van der Waals surface area contributed by atoms with E-state index in [1.165, 1.54) is 20.2 Å². The molecule has 2 aromatic heterocycles. The summed E-state index contributed by atoms with van der Waals surface area (Å²) in [5, 5.41) is 14.8. The topological polar surface area (TPSA) is 109 Å². The maximum Gasteiger partial charge on any atom is 0.260 e. The molecular formula is C20H18N4O4. The van der Waals surface area contributed by atoms with Crippen molar-refractivity contribution in [1.29, 1.82) is 5.26 Å². The third kappa shape index (κ3) is 3.33. The van der Waals surface area contributed by atoms with Crippen LogP contribution in [-0.2, 0) is 0 Å². The van der Waals surface area contributed by atoms with Gasteiger partial charge < -0.3 is 19.8 Å². The monoisotopic (exact) mass is 378 g/mol. The Morgan fingerprint density at radius 2 is 1.93 bits per heavy atom. The van der Waals surface area contributed by atoms with Crippen LogP contribution in [-0.4, -0.2) is 30.5 Å². The predicted octanol–water partition coefficient (Wildman–Crippen LogP) is 2.87. The molecule has 2 amide bonds. The van der Waals surface area contributed by atoms with E-state index in [0.29, 0.717) is 22.8 Å². The first-order chi connectivity index (χ1) is 13.5. The fourth-order valence-corrected chi connectivity index (χ4v) is 2.83. The molecule has 0 aliphatic carbocycles. The second-order valence-corrected chi connectivity index (χ2v) is 5.86. The lowest BCUT2D eigenvalue weighted by molar-refractivity contribution is 0.0961. The van der Waals surface area contributed by atoms with Gasteiger partial charge in [-0.2, -0.15) is 5.26 Å². The fraction of sp³-hybridized carbons (Fsp3) is 0.150. The number of rotatable bonds is 5. The van der Waals surface area contributed by atoms with E-state index in [9.17, 15) is 14.9 Å². The Bertz CT molecular complexity index is 1070. The number of methoxy groups -OCH3 is 1. The van der Waals surface area contributed by atoms with Gasteiger partial charge in [0.15, 0.2) is 0 Å². The summed E-state index contributed by atoms with van der Waals surface area (Å²) in [7, 11) is 2.97. The third-order valence-corrected chi connectivity index (χ3v) is 4.18. The molecule has 0 fully saturated rings. The molecule has 8 heteroatoms. The van der Waals surface area contributed by atoms with E-state index in [-0.39, 0.29) is 22.9 Å². The Kier molecular flexibility index (Phi) is 5.18. The number of benzene rings is 1. The van der Waals surface area contributed by atoms with Gasteiger partial charge >= 0.3 is 0 Å². The molecule has 3 rings (SSSR count). The Morgan fingerprint density at radius 1 is 1.21 bits per heavy atom. The van der Waals surface area contributed by atoms with E-state index in [1.54, 1.807) is 48.1 Å². The molecule has 0 aliphatic heterocycles. The fourth-order valence-electron chi connectivity index (χ4n) is 2.83. The normalized spacial score (nSPS) is 10.2. The highest BCUT2D eigenvalue weighted by molar-refractivity contribution is 6.08. The second-order valence-electron chi connectivity index (χ2n) is 5.86. The lowest BCUT2D eigenvalue weighted by Gasteiger charge is -2.11. The van der Waals surface area contributed by atoms with E-state index >= 15 is 0 Å². The standard InChI is InChI=1S/C20H18N4O4/c1-12-17(14(11-21)20(28-12)24-8-4-5-9-24)19(26)23-15-10-13(18(25)22-2)6-7-16(15)27-3/h4-10H,1-3H3,(H,22,25)(H,23,26). The maximum atomic E-state index is 12.9. The highest BCUT2D eigenvalue weighted by Gasteiger charge is 2.25. The number of carbonyl (C=O) groups is 2. The zero-order valence-corrected chi connectivity index (χ0v) is 15.6. The number of hydrogen-bond donors (Lipinski definition) is 2. The van der Waals surface area contributed by atoms with Gasteiger partial charge in [0.1, 0.15) is 28.7 Å². The largest absolute Gasteiger partial charge is 0.495 e. The summed E-state index contributed by atoms with van der Waals surface area (Å²) in [6, 6.07) is 10.3. The number of hydrogen-bond acceptors (Lipinski definition) is 5. The van der Waals surface area contributed by atoms with Crippen molar-refractivity contribution >= 4 is 17.5 Å². The Balaban J connectivity index is 2.01. The summed E-state index contributed by atoms with van der Waals surface area (Å²) in [5.41, 5.74) is 0.905. The number of ether oxygens (including phenoxy) is 1. The summed E-state index contributed by atoms with van der Waals surface area (Å²) in [6.07, 6.45) is 3.44. The van der Waals surface area contributed by atoms with Crippen molar-refractivity contribution in [2.24, 2.45) is 0 Å². The third-order valence-electron chi connectivity index (χ3n) is 4.18. The van der Waals surface area contributed by atoms with Crippen molar-refractivity contribution in [3.63, 3.8) is 0 Å². The summed E-state index contributed by atoms with van der Waals surface area (Å²) < 4.78 is 12.5. The summed E-state index contributed by atoms with van der Waals surface area (Å²) in [6.45, 7) is 1.61. The Hall–Kier alpha value is -3.99. The lowest BCUT2D eigenvalue weighted by Crippen LogP contribution is -2.19. The van der Waals surface area contributed by atoms with Crippen molar-refractivity contribution in [2.45, 2.75) is 6.92 Å². The van der Waals surface area contributed by atoms with E-state index in [2.05, 4.69) is 10.6 Å². The van der Waals surface area contributed by atoms with Crippen molar-refractivity contribution in [3.05, 3.63) is 65.2 Å². The molecule has 0 spiro atoms. The van der Waals surface area contributed by atoms with Gasteiger partial charge in [0.25, 0.3) is 11.8 Å². The zero-order valence-electron chi connectivity index (χ0n) is 15.6. The maximum absolute atomic E-state index is 12.9. The van der Waals surface area contributed by atoms with Crippen LogP contribution in [0.25, 0.3) is 5.88 Å². The molecule has 0 atom stereocenters. The molecule has 1 aromatic carbocycles. The highest BCUT2D eigenvalue weighted by atomic mass is 16.5. The number of aromatic nitrogens is 1. The molecule has 28 heavy (non-hydrogen) atoms. The summed E-state index contributed by atoms with van der Waals surface area (Å²) >= 11 is 0. The quantitative estimate of drug-likeness (QED) is 0.709. The van der Waals surface area contributed by atoms with Crippen LogP contribution in [0.5, 0.6) is 5.75 Å². The lowest BCUT2D eigenvalue weighted by atomic mass is 10.1. The van der Waals surface area contributed by atoms with Crippen LogP contribution in [0.3, 0.4) is 0 Å². The van der Waals surface area contributed by atoms with Crippen molar-refractivity contribution in [1.82, 2.24) is 9.88 Å². The minimum atomic E-state index is -0.538. The minimum Gasteiger partial charge on any atom is -0.495 e. The van der Waals surface area contributed by atoms with Gasteiger partial charge in [-0.3, -0.25) is 14.2 Å². The molecule has 3 aromatic rings. The van der Waals surface area contributed by atoms with Gasteiger partial charge in [-0.25, -0.2) is 0 Å². The minimum absolute atomic E-state index is 0.118.